The van der Waals surface area contributed by atoms with Crippen LogP contribution in [0.3, 0.4) is 0 Å². The van der Waals surface area contributed by atoms with E-state index in [1.54, 1.807) is 32.9 Å². The van der Waals surface area contributed by atoms with Crippen LogP contribution in [-0.2, 0) is 20.0 Å². The van der Waals surface area contributed by atoms with Crippen molar-refractivity contribution in [3.8, 4) is 5.75 Å². The lowest BCUT2D eigenvalue weighted by Gasteiger charge is -2.31. The second-order valence-electron chi connectivity index (χ2n) is 7.85. The van der Waals surface area contributed by atoms with Crippen LogP contribution in [-0.4, -0.2) is 52.4 Å². The number of likely N-dealkylation sites (N-methyl/N-ethyl adjacent to an activating group) is 1. The molecule has 0 aliphatic rings. The number of phosphoric acid groups is 1. The first-order chi connectivity index (χ1) is 11.4. The number of quaternary nitrogens is 1. The third-order valence-electron chi connectivity index (χ3n) is 3.71. The van der Waals surface area contributed by atoms with Gasteiger partial charge in [0.2, 0.25) is 0 Å². The van der Waals surface area contributed by atoms with Gasteiger partial charge in [0.05, 0.1) is 26.2 Å². The maximum Gasteiger partial charge on any atom is 0.477 e. The molecule has 1 aromatic heterocycles. The summed E-state index contributed by atoms with van der Waals surface area (Å²) < 4.78 is 22.6. The number of phosphoric ester groups is 1. The van der Waals surface area contributed by atoms with E-state index < -0.39 is 13.4 Å². The number of benzene rings is 1. The molecule has 0 aliphatic carbocycles. The molecule has 7 nitrogen and oxygen atoms in total. The zero-order valence-corrected chi connectivity index (χ0v) is 16.3. The zero-order chi connectivity index (χ0) is 18.9. The fourth-order valence-corrected chi connectivity index (χ4v) is 3.72. The third-order valence-corrected chi connectivity index (χ3v) is 4.93. The van der Waals surface area contributed by atoms with E-state index in [1.165, 1.54) is 0 Å². The number of phenols is 1. The van der Waals surface area contributed by atoms with E-state index in [-0.39, 0.29) is 12.5 Å². The predicted molar refractivity (Wildman–Crippen MR) is 97.3 cm³/mol. The van der Waals surface area contributed by atoms with Crippen LogP contribution in [0.5, 0.6) is 5.75 Å². The third kappa shape index (κ3) is 5.83. The molecule has 1 heterocycles. The summed E-state index contributed by atoms with van der Waals surface area (Å²) in [5, 5.41) is 10.9. The standard InChI is InChI=1S/C17H27N2O5P/c1-17(2,3)24-25(21,22)23-12-19(4,5)10-9-13-11-18-14-7-6-8-15(20)16(13)14/h6-8,11,18H,9-10,12H2,1-5H3,(H-,20,21,22)/p+1. The number of phenolic OH excluding ortho intramolecular Hbond substituents is 1. The van der Waals surface area contributed by atoms with Crippen LogP contribution in [0.15, 0.2) is 24.4 Å². The topological polar surface area (TPSA) is 91.8 Å². The van der Waals surface area contributed by atoms with Crippen molar-refractivity contribution in [1.82, 2.24) is 4.98 Å². The van der Waals surface area contributed by atoms with E-state index in [0.29, 0.717) is 17.4 Å². The molecule has 0 radical (unpaired) electrons. The van der Waals surface area contributed by atoms with Crippen molar-refractivity contribution in [3.63, 3.8) is 0 Å². The summed E-state index contributed by atoms with van der Waals surface area (Å²) in [6, 6.07) is 5.36. The van der Waals surface area contributed by atoms with Crippen molar-refractivity contribution in [1.29, 1.82) is 0 Å². The van der Waals surface area contributed by atoms with Gasteiger partial charge in [-0.05, 0) is 38.5 Å². The normalized spacial score (nSPS) is 15.4. The summed E-state index contributed by atoms with van der Waals surface area (Å²) in [6.45, 7) is 5.79. The minimum atomic E-state index is -4.10. The molecular weight excluding hydrogens is 343 g/mol. The Morgan fingerprint density at radius 3 is 2.60 bits per heavy atom. The molecule has 8 heteroatoms. The van der Waals surface area contributed by atoms with Gasteiger partial charge in [-0.2, -0.15) is 0 Å². The Kier molecular flexibility index (Phi) is 5.66. The molecule has 0 saturated heterocycles. The first-order valence-corrected chi connectivity index (χ1v) is 9.66. The molecule has 3 N–H and O–H groups in total. The molecule has 0 fully saturated rings. The Balaban J connectivity index is 1.98. The molecule has 1 atom stereocenters. The first kappa shape index (κ1) is 19.9. The molecule has 0 bridgehead atoms. The highest BCUT2D eigenvalue weighted by molar-refractivity contribution is 7.47. The predicted octanol–water partition coefficient (Wildman–Crippen LogP) is 3.38. The van der Waals surface area contributed by atoms with Gasteiger partial charge in [-0.1, -0.05) is 6.07 Å². The van der Waals surface area contributed by atoms with Gasteiger partial charge in [0.15, 0.2) is 6.73 Å². The van der Waals surface area contributed by atoms with Gasteiger partial charge < -0.3 is 19.5 Å². The number of nitrogens with one attached hydrogen (secondary N) is 1. The number of hydrogen-bond acceptors (Lipinski definition) is 4. The summed E-state index contributed by atoms with van der Waals surface area (Å²) in [5.74, 6) is 0.244. The second kappa shape index (κ2) is 7.09. The van der Waals surface area contributed by atoms with Gasteiger partial charge in [0.1, 0.15) is 5.75 Å². The van der Waals surface area contributed by atoms with Crippen molar-refractivity contribution in [3.05, 3.63) is 30.0 Å². The van der Waals surface area contributed by atoms with Crippen molar-refractivity contribution < 1.29 is 28.1 Å². The molecule has 1 unspecified atom stereocenters. The highest BCUT2D eigenvalue weighted by Crippen LogP contribution is 2.47. The van der Waals surface area contributed by atoms with Gasteiger partial charge in [-0.15, -0.1) is 0 Å². The van der Waals surface area contributed by atoms with Crippen LogP contribution < -0.4 is 0 Å². The van der Waals surface area contributed by atoms with Crippen LogP contribution in [0.1, 0.15) is 26.3 Å². The largest absolute Gasteiger partial charge is 0.507 e. The quantitative estimate of drug-likeness (QED) is 0.394. The van der Waals surface area contributed by atoms with E-state index in [2.05, 4.69) is 4.98 Å². The first-order valence-electron chi connectivity index (χ1n) is 8.17. The molecule has 0 spiro atoms. The lowest BCUT2D eigenvalue weighted by atomic mass is 10.1. The maximum atomic E-state index is 12.0. The number of H-pyrrole nitrogens is 1. The number of hydrogen-bond donors (Lipinski definition) is 3. The Bertz CT molecular complexity index is 779. The van der Waals surface area contributed by atoms with Crippen molar-refractivity contribution in [2.45, 2.75) is 32.8 Å². The summed E-state index contributed by atoms with van der Waals surface area (Å²) >= 11 is 0. The summed E-state index contributed by atoms with van der Waals surface area (Å²) in [4.78, 5) is 13.0. The van der Waals surface area contributed by atoms with Crippen LogP contribution in [0.25, 0.3) is 10.9 Å². The van der Waals surface area contributed by atoms with Crippen molar-refractivity contribution in [2.75, 3.05) is 27.4 Å². The summed E-state index contributed by atoms with van der Waals surface area (Å²) in [6.07, 6.45) is 2.56. The lowest BCUT2D eigenvalue weighted by molar-refractivity contribution is -0.906. The average molecular weight is 371 g/mol. The Morgan fingerprint density at radius 1 is 1.28 bits per heavy atom. The molecule has 25 heavy (non-hydrogen) atoms. The van der Waals surface area contributed by atoms with Gasteiger partial charge in [0, 0.05) is 23.5 Å². The van der Waals surface area contributed by atoms with Crippen LogP contribution in [0.4, 0.5) is 0 Å². The molecule has 0 amide bonds. The van der Waals surface area contributed by atoms with E-state index in [9.17, 15) is 14.6 Å². The van der Waals surface area contributed by atoms with Crippen LogP contribution >= 0.6 is 7.82 Å². The second-order valence-corrected chi connectivity index (χ2v) is 9.23. The van der Waals surface area contributed by atoms with Crippen LogP contribution in [0, 0.1) is 0 Å². The number of aromatic amines is 1. The molecule has 1 aromatic carbocycles. The highest BCUT2D eigenvalue weighted by atomic mass is 31.2. The minimum Gasteiger partial charge on any atom is -0.507 e. The number of aromatic nitrogens is 1. The molecular formula is C17H28N2O5P+. The summed E-state index contributed by atoms with van der Waals surface area (Å²) in [5.41, 5.74) is 1.12. The van der Waals surface area contributed by atoms with Crippen molar-refractivity contribution in [2.24, 2.45) is 0 Å². The fraction of sp³-hybridized carbons (Fsp3) is 0.529. The molecule has 2 aromatic rings. The molecule has 140 valence electrons. The SMILES string of the molecule is CC(C)(C)OP(=O)(O)OC[N+](C)(C)CCc1c[nH]c2cccc(O)c12. The van der Waals surface area contributed by atoms with Gasteiger partial charge in [-0.25, -0.2) is 9.09 Å². The number of nitrogens with zero attached hydrogens (tertiary/aromatic N) is 1. The Labute approximate surface area is 148 Å². The van der Waals surface area contributed by atoms with E-state index in [0.717, 1.165) is 16.5 Å². The van der Waals surface area contributed by atoms with E-state index in [4.69, 9.17) is 9.05 Å². The molecule has 0 saturated carbocycles. The van der Waals surface area contributed by atoms with Gasteiger partial charge in [0.25, 0.3) is 0 Å². The highest BCUT2D eigenvalue weighted by Gasteiger charge is 2.31. The fourth-order valence-electron chi connectivity index (χ4n) is 2.52. The Morgan fingerprint density at radius 2 is 1.96 bits per heavy atom. The smallest absolute Gasteiger partial charge is 0.477 e. The number of rotatable bonds is 7. The number of fused-ring (bicyclic) bond motifs is 1. The minimum absolute atomic E-state index is 0.0399. The monoisotopic (exact) mass is 371 g/mol. The maximum absolute atomic E-state index is 12.0. The van der Waals surface area contributed by atoms with Crippen LogP contribution in [0.2, 0.25) is 0 Å². The lowest BCUT2D eigenvalue weighted by Crippen LogP contribution is -2.43. The zero-order valence-electron chi connectivity index (χ0n) is 15.4. The van der Waals surface area contributed by atoms with Gasteiger partial charge in [-0.3, -0.25) is 4.52 Å². The van der Waals surface area contributed by atoms with E-state index in [1.807, 2.05) is 26.4 Å². The molecule has 2 rings (SSSR count). The Hall–Kier alpha value is -1.37. The van der Waals surface area contributed by atoms with E-state index >= 15 is 0 Å². The molecule has 0 aliphatic heterocycles. The number of aromatic hydroxyl groups is 1. The van der Waals surface area contributed by atoms with Gasteiger partial charge >= 0.3 is 7.82 Å². The summed E-state index contributed by atoms with van der Waals surface area (Å²) in [7, 11) is -0.286. The van der Waals surface area contributed by atoms with Crippen molar-refractivity contribution >= 4 is 18.7 Å². The average Bonchev–Trinajstić information content (AvgIpc) is 2.86.